The Labute approximate surface area is 176 Å². The van der Waals surface area contributed by atoms with Gasteiger partial charge in [-0.15, -0.1) is 0 Å². The molecule has 0 aliphatic rings. The molecule has 1 aromatic carbocycles. The van der Waals surface area contributed by atoms with E-state index in [4.69, 9.17) is 23.8 Å². The maximum absolute atomic E-state index is 14.1. The molecule has 11 heteroatoms. The number of anilines is 2. The molecule has 3 N–H and O–H groups in total. The number of benzene rings is 1. The lowest BCUT2D eigenvalue weighted by molar-refractivity contribution is 0.0686. The zero-order valence-corrected chi connectivity index (χ0v) is 17.4. The van der Waals surface area contributed by atoms with Crippen molar-refractivity contribution in [3.63, 3.8) is 0 Å². The normalized spacial score (nSPS) is 10.8. The monoisotopic (exact) mass is 436 g/mol. The molecule has 0 amide bonds. The second-order valence-corrected chi connectivity index (χ2v) is 7.13. The number of hydrogen-bond donors (Lipinski definition) is 3. The van der Waals surface area contributed by atoms with Crippen LogP contribution in [0.3, 0.4) is 0 Å². The van der Waals surface area contributed by atoms with E-state index < -0.39 is 11.8 Å². The summed E-state index contributed by atoms with van der Waals surface area (Å²) in [5.41, 5.74) is 2.58. The van der Waals surface area contributed by atoms with Crippen molar-refractivity contribution in [2.75, 3.05) is 10.6 Å². The maximum Gasteiger partial charge on any atom is 0.356 e. The van der Waals surface area contributed by atoms with Crippen LogP contribution in [0, 0.1) is 19.7 Å². The quantitative estimate of drug-likeness (QED) is 0.526. The van der Waals surface area contributed by atoms with Gasteiger partial charge < -0.3 is 15.7 Å². The van der Waals surface area contributed by atoms with Crippen LogP contribution in [-0.2, 0) is 13.6 Å². The van der Waals surface area contributed by atoms with Gasteiger partial charge in [-0.05, 0) is 38.2 Å². The molecule has 0 bridgehead atoms. The lowest BCUT2D eigenvalue weighted by Gasteiger charge is -2.11. The van der Waals surface area contributed by atoms with Gasteiger partial charge in [0.25, 0.3) is 0 Å². The first-order chi connectivity index (χ1) is 13.7. The molecular weight excluding hydrogens is 419 g/mol. The Morgan fingerprint density at radius 1 is 1.34 bits per heavy atom. The van der Waals surface area contributed by atoms with Crippen LogP contribution >= 0.6 is 23.8 Å². The Balaban J connectivity index is 1.80. The summed E-state index contributed by atoms with van der Waals surface area (Å²) in [4.78, 5) is 11.4. The molecule has 0 aliphatic heterocycles. The first kappa shape index (κ1) is 20.7. The van der Waals surface area contributed by atoms with E-state index in [9.17, 15) is 14.3 Å². The summed E-state index contributed by atoms with van der Waals surface area (Å²) in [6.07, 6.45) is 1.38. The highest BCUT2D eigenvalue weighted by Crippen LogP contribution is 2.25. The largest absolute Gasteiger partial charge is 0.476 e. The number of aromatic nitrogens is 4. The molecular formula is C18H18ClFN6O2S. The van der Waals surface area contributed by atoms with Gasteiger partial charge in [0.1, 0.15) is 5.82 Å². The number of aryl methyl sites for hydroxylation is 2. The molecule has 0 radical (unpaired) electrons. The number of nitrogens with zero attached hydrogens (tertiary/aromatic N) is 4. The van der Waals surface area contributed by atoms with Crippen molar-refractivity contribution < 1.29 is 14.3 Å². The maximum atomic E-state index is 14.1. The summed E-state index contributed by atoms with van der Waals surface area (Å²) in [6.45, 7) is 3.75. The van der Waals surface area contributed by atoms with Crippen molar-refractivity contribution in [3.05, 3.63) is 57.9 Å². The van der Waals surface area contributed by atoms with Crippen molar-refractivity contribution in [2.45, 2.75) is 20.4 Å². The van der Waals surface area contributed by atoms with Crippen LogP contribution in [0.1, 0.15) is 27.4 Å². The number of carboxylic acid groups (broad SMARTS) is 1. The molecule has 0 saturated carbocycles. The molecule has 2 heterocycles. The molecule has 8 nitrogen and oxygen atoms in total. The van der Waals surface area contributed by atoms with Crippen LogP contribution in [0.5, 0.6) is 0 Å². The van der Waals surface area contributed by atoms with Crippen LogP contribution < -0.4 is 10.6 Å². The van der Waals surface area contributed by atoms with Crippen LogP contribution in [0.2, 0.25) is 5.02 Å². The second-order valence-electron chi connectivity index (χ2n) is 6.32. The molecule has 0 aliphatic carbocycles. The predicted octanol–water partition coefficient (Wildman–Crippen LogP) is 3.58. The first-order valence-electron chi connectivity index (χ1n) is 8.49. The number of aromatic carboxylic acids is 1. The molecule has 0 spiro atoms. The van der Waals surface area contributed by atoms with Crippen LogP contribution in [-0.4, -0.2) is 35.7 Å². The van der Waals surface area contributed by atoms with Gasteiger partial charge in [0.2, 0.25) is 0 Å². The minimum atomic E-state index is -1.13. The van der Waals surface area contributed by atoms with E-state index in [2.05, 4.69) is 20.8 Å². The third kappa shape index (κ3) is 4.22. The Morgan fingerprint density at radius 3 is 2.72 bits per heavy atom. The zero-order chi connectivity index (χ0) is 21.3. The van der Waals surface area contributed by atoms with Gasteiger partial charge in [-0.1, -0.05) is 17.7 Å². The zero-order valence-electron chi connectivity index (χ0n) is 15.8. The van der Waals surface area contributed by atoms with E-state index in [1.165, 1.54) is 24.0 Å². The third-order valence-corrected chi connectivity index (χ3v) is 4.94. The highest BCUT2D eigenvalue weighted by atomic mass is 35.5. The fraction of sp³-hybridized carbons (Fsp3) is 0.222. The SMILES string of the molecule is Cc1nn(Cc2c(F)cccc2Cl)c(C)c1NC(=S)Nc1cnn(C)c1C(=O)O. The third-order valence-electron chi connectivity index (χ3n) is 4.38. The van der Waals surface area contributed by atoms with Crippen molar-refractivity contribution in [1.82, 2.24) is 19.6 Å². The Bertz CT molecular complexity index is 1090. The van der Waals surface area contributed by atoms with Crippen molar-refractivity contribution in [1.29, 1.82) is 0 Å². The minimum Gasteiger partial charge on any atom is -0.476 e. The minimum absolute atomic E-state index is 0.0208. The molecule has 0 fully saturated rings. The lowest BCUT2D eigenvalue weighted by atomic mass is 10.2. The van der Waals surface area contributed by atoms with E-state index in [0.29, 0.717) is 22.0 Å². The molecule has 0 atom stereocenters. The van der Waals surface area contributed by atoms with Crippen molar-refractivity contribution in [3.8, 4) is 0 Å². The molecule has 3 rings (SSSR count). The van der Waals surface area contributed by atoms with Gasteiger partial charge in [0.15, 0.2) is 10.8 Å². The number of carboxylic acids is 1. The van der Waals surface area contributed by atoms with Crippen LogP contribution in [0.25, 0.3) is 0 Å². The summed E-state index contributed by atoms with van der Waals surface area (Å²) in [5, 5.41) is 24.0. The summed E-state index contributed by atoms with van der Waals surface area (Å²) < 4.78 is 17.0. The average molecular weight is 437 g/mol. The van der Waals surface area contributed by atoms with Gasteiger partial charge in [-0.3, -0.25) is 9.36 Å². The smallest absolute Gasteiger partial charge is 0.356 e. The molecule has 29 heavy (non-hydrogen) atoms. The van der Waals surface area contributed by atoms with Gasteiger partial charge in [-0.25, -0.2) is 9.18 Å². The Kier molecular flexibility index (Phi) is 5.85. The topological polar surface area (TPSA) is 97.0 Å². The standard InChI is InChI=1S/C18H18ClFN6O2S/c1-9-15(23-18(29)22-14-7-21-25(3)16(14)17(27)28)10(2)26(24-9)8-11-12(19)5-4-6-13(11)20/h4-7H,8H2,1-3H3,(H,27,28)(H2,22,23,29). The molecule has 3 aromatic rings. The average Bonchev–Trinajstić information content (AvgIpc) is 3.12. The van der Waals surface area contributed by atoms with E-state index >= 15 is 0 Å². The van der Waals surface area contributed by atoms with Crippen LogP contribution in [0.4, 0.5) is 15.8 Å². The highest BCUT2D eigenvalue weighted by molar-refractivity contribution is 7.80. The Morgan fingerprint density at radius 2 is 2.07 bits per heavy atom. The fourth-order valence-electron chi connectivity index (χ4n) is 2.91. The van der Waals surface area contributed by atoms with E-state index in [0.717, 1.165) is 5.69 Å². The molecule has 152 valence electrons. The second kappa shape index (κ2) is 8.18. The summed E-state index contributed by atoms with van der Waals surface area (Å²) >= 11 is 11.4. The van der Waals surface area contributed by atoms with Gasteiger partial charge in [-0.2, -0.15) is 10.2 Å². The van der Waals surface area contributed by atoms with E-state index in [-0.39, 0.29) is 23.0 Å². The highest BCUT2D eigenvalue weighted by Gasteiger charge is 2.19. The van der Waals surface area contributed by atoms with Gasteiger partial charge in [0, 0.05) is 17.6 Å². The predicted molar refractivity (Wildman–Crippen MR) is 112 cm³/mol. The number of nitrogens with one attached hydrogen (secondary N) is 2. The number of halogens is 2. The number of hydrogen-bond acceptors (Lipinski definition) is 4. The number of carbonyl (C=O) groups is 1. The number of rotatable bonds is 5. The van der Waals surface area contributed by atoms with E-state index in [1.54, 1.807) is 23.7 Å². The van der Waals surface area contributed by atoms with Crippen molar-refractivity contribution >= 4 is 46.3 Å². The molecule has 0 unspecified atom stereocenters. The van der Waals surface area contributed by atoms with Crippen molar-refractivity contribution in [2.24, 2.45) is 7.05 Å². The molecule has 0 saturated heterocycles. The summed E-state index contributed by atoms with van der Waals surface area (Å²) in [7, 11) is 1.53. The van der Waals surface area contributed by atoms with E-state index in [1.807, 2.05) is 6.92 Å². The van der Waals surface area contributed by atoms with Gasteiger partial charge in [0.05, 0.1) is 35.5 Å². The summed E-state index contributed by atoms with van der Waals surface area (Å²) in [6, 6.07) is 4.51. The number of thiocarbonyl (C=S) groups is 1. The fourth-order valence-corrected chi connectivity index (χ4v) is 3.35. The van der Waals surface area contributed by atoms with Gasteiger partial charge >= 0.3 is 5.97 Å². The lowest BCUT2D eigenvalue weighted by Crippen LogP contribution is -2.21. The first-order valence-corrected chi connectivity index (χ1v) is 9.27. The van der Waals surface area contributed by atoms with Crippen LogP contribution in [0.15, 0.2) is 24.4 Å². The summed E-state index contributed by atoms with van der Waals surface area (Å²) in [5.74, 6) is -1.54. The Hall–Kier alpha value is -2.98. The molecule has 2 aromatic heterocycles.